The third-order valence-corrected chi connectivity index (χ3v) is 4.81. The molecule has 0 aromatic carbocycles. The standard InChI is InChI=1S/C14H19N3S/c1-3-5-9(2)17-13-12-10-6-4-7-11(10)18-14(12)16-8-15-13/h8-9H,3-7H2,1-2H3,(H,15,16,17). The van der Waals surface area contributed by atoms with Crippen molar-refractivity contribution in [3.8, 4) is 0 Å². The molecule has 0 fully saturated rings. The predicted molar refractivity (Wildman–Crippen MR) is 77.4 cm³/mol. The average molecular weight is 261 g/mol. The number of aromatic nitrogens is 2. The fraction of sp³-hybridized carbons (Fsp3) is 0.571. The van der Waals surface area contributed by atoms with Gasteiger partial charge in [-0.2, -0.15) is 0 Å². The quantitative estimate of drug-likeness (QED) is 0.910. The summed E-state index contributed by atoms with van der Waals surface area (Å²) in [5, 5.41) is 4.85. The molecule has 0 spiro atoms. The average Bonchev–Trinajstić information content (AvgIpc) is 2.89. The Bertz CT molecular complexity index is 561. The zero-order valence-electron chi connectivity index (χ0n) is 11.0. The first-order valence-electron chi connectivity index (χ1n) is 6.81. The third kappa shape index (κ3) is 1.99. The van der Waals surface area contributed by atoms with Gasteiger partial charge in [0.15, 0.2) is 0 Å². The maximum atomic E-state index is 4.46. The second-order valence-electron chi connectivity index (χ2n) is 5.09. The molecule has 1 aliphatic carbocycles. The van der Waals surface area contributed by atoms with Crippen LogP contribution >= 0.6 is 11.3 Å². The number of hydrogen-bond acceptors (Lipinski definition) is 4. The molecule has 96 valence electrons. The van der Waals surface area contributed by atoms with Crippen LogP contribution in [0.3, 0.4) is 0 Å². The summed E-state index contributed by atoms with van der Waals surface area (Å²) in [5.74, 6) is 1.04. The molecular formula is C14H19N3S. The van der Waals surface area contributed by atoms with Crippen LogP contribution in [0.15, 0.2) is 6.33 Å². The maximum Gasteiger partial charge on any atom is 0.138 e. The monoisotopic (exact) mass is 261 g/mol. The summed E-state index contributed by atoms with van der Waals surface area (Å²) in [6.45, 7) is 4.44. The van der Waals surface area contributed by atoms with Crippen molar-refractivity contribution < 1.29 is 0 Å². The van der Waals surface area contributed by atoms with E-state index < -0.39 is 0 Å². The van der Waals surface area contributed by atoms with E-state index in [1.54, 1.807) is 6.33 Å². The van der Waals surface area contributed by atoms with Crippen LogP contribution in [-0.2, 0) is 12.8 Å². The largest absolute Gasteiger partial charge is 0.367 e. The summed E-state index contributed by atoms with van der Waals surface area (Å²) in [5.41, 5.74) is 1.50. The first-order valence-corrected chi connectivity index (χ1v) is 7.63. The smallest absolute Gasteiger partial charge is 0.138 e. The van der Waals surface area contributed by atoms with E-state index in [1.807, 2.05) is 11.3 Å². The van der Waals surface area contributed by atoms with E-state index >= 15 is 0 Å². The Kier molecular flexibility index (Phi) is 3.20. The highest BCUT2D eigenvalue weighted by atomic mass is 32.1. The molecule has 3 rings (SSSR count). The minimum absolute atomic E-state index is 0.477. The second kappa shape index (κ2) is 4.84. The van der Waals surface area contributed by atoms with Gasteiger partial charge in [-0.05, 0) is 38.2 Å². The summed E-state index contributed by atoms with van der Waals surface area (Å²) >= 11 is 1.85. The molecule has 2 heterocycles. The van der Waals surface area contributed by atoms with Gasteiger partial charge in [-0.15, -0.1) is 11.3 Å². The zero-order chi connectivity index (χ0) is 12.5. The van der Waals surface area contributed by atoms with Crippen molar-refractivity contribution in [3.05, 3.63) is 16.8 Å². The van der Waals surface area contributed by atoms with E-state index in [0.717, 1.165) is 10.6 Å². The topological polar surface area (TPSA) is 37.8 Å². The van der Waals surface area contributed by atoms with Crippen LogP contribution in [0.1, 0.15) is 43.6 Å². The number of anilines is 1. The minimum Gasteiger partial charge on any atom is -0.367 e. The van der Waals surface area contributed by atoms with Crippen molar-refractivity contribution >= 4 is 27.4 Å². The van der Waals surface area contributed by atoms with Crippen LogP contribution in [-0.4, -0.2) is 16.0 Å². The Morgan fingerprint density at radius 3 is 3.11 bits per heavy atom. The predicted octanol–water partition coefficient (Wildman–Crippen LogP) is 3.78. The number of thiophene rings is 1. The molecule has 1 N–H and O–H groups in total. The Hall–Kier alpha value is -1.16. The van der Waals surface area contributed by atoms with Gasteiger partial charge in [-0.1, -0.05) is 13.3 Å². The Morgan fingerprint density at radius 1 is 1.39 bits per heavy atom. The highest BCUT2D eigenvalue weighted by molar-refractivity contribution is 7.19. The number of hydrogen-bond donors (Lipinski definition) is 1. The molecule has 0 amide bonds. The van der Waals surface area contributed by atoms with E-state index in [0.29, 0.717) is 6.04 Å². The van der Waals surface area contributed by atoms with Gasteiger partial charge in [0.1, 0.15) is 17.0 Å². The highest BCUT2D eigenvalue weighted by Gasteiger charge is 2.21. The van der Waals surface area contributed by atoms with Gasteiger partial charge in [-0.25, -0.2) is 9.97 Å². The summed E-state index contributed by atoms with van der Waals surface area (Å²) in [7, 11) is 0. The molecule has 1 atom stereocenters. The van der Waals surface area contributed by atoms with Gasteiger partial charge < -0.3 is 5.32 Å². The molecule has 18 heavy (non-hydrogen) atoms. The van der Waals surface area contributed by atoms with Crippen LogP contribution in [0.2, 0.25) is 0 Å². The molecule has 4 heteroatoms. The lowest BCUT2D eigenvalue weighted by Crippen LogP contribution is -2.15. The fourth-order valence-electron chi connectivity index (χ4n) is 2.78. The van der Waals surface area contributed by atoms with Crippen molar-refractivity contribution in [3.63, 3.8) is 0 Å². The summed E-state index contributed by atoms with van der Waals surface area (Å²) < 4.78 is 0. The second-order valence-corrected chi connectivity index (χ2v) is 6.18. The molecule has 0 saturated carbocycles. The van der Waals surface area contributed by atoms with Gasteiger partial charge in [0.2, 0.25) is 0 Å². The lowest BCUT2D eigenvalue weighted by Gasteiger charge is -2.14. The Morgan fingerprint density at radius 2 is 2.28 bits per heavy atom. The first kappa shape index (κ1) is 11.9. The lowest BCUT2D eigenvalue weighted by atomic mass is 10.1. The molecular weight excluding hydrogens is 242 g/mol. The molecule has 2 aromatic heterocycles. The molecule has 3 nitrogen and oxygen atoms in total. The first-order chi connectivity index (χ1) is 8.79. The van der Waals surface area contributed by atoms with E-state index in [1.165, 1.54) is 47.9 Å². The van der Waals surface area contributed by atoms with Crippen molar-refractivity contribution in [2.24, 2.45) is 0 Å². The van der Waals surface area contributed by atoms with E-state index in [2.05, 4.69) is 29.1 Å². The number of aryl methyl sites for hydroxylation is 2. The lowest BCUT2D eigenvalue weighted by molar-refractivity contribution is 0.688. The SMILES string of the molecule is CCCC(C)Nc1ncnc2sc3c(c12)CCC3. The van der Waals surface area contributed by atoms with Crippen molar-refractivity contribution in [2.45, 2.75) is 52.0 Å². The van der Waals surface area contributed by atoms with Crippen LogP contribution < -0.4 is 5.32 Å². The van der Waals surface area contributed by atoms with E-state index in [4.69, 9.17) is 0 Å². The number of nitrogens with one attached hydrogen (secondary N) is 1. The fourth-order valence-corrected chi connectivity index (χ4v) is 4.01. The Balaban J connectivity index is 2.01. The van der Waals surface area contributed by atoms with Gasteiger partial charge in [0, 0.05) is 10.9 Å². The van der Waals surface area contributed by atoms with Gasteiger partial charge >= 0.3 is 0 Å². The summed E-state index contributed by atoms with van der Waals surface area (Å²) in [6, 6.07) is 0.477. The number of nitrogens with zero attached hydrogens (tertiary/aromatic N) is 2. The van der Waals surface area contributed by atoms with Crippen LogP contribution in [0.5, 0.6) is 0 Å². The molecule has 1 unspecified atom stereocenters. The molecule has 0 radical (unpaired) electrons. The molecule has 0 bridgehead atoms. The molecule has 2 aromatic rings. The summed E-state index contributed by atoms with van der Waals surface area (Å²) in [4.78, 5) is 11.6. The van der Waals surface area contributed by atoms with Crippen LogP contribution in [0.25, 0.3) is 10.2 Å². The van der Waals surface area contributed by atoms with Crippen molar-refractivity contribution in [1.82, 2.24) is 9.97 Å². The normalized spacial score (nSPS) is 15.9. The minimum atomic E-state index is 0.477. The maximum absolute atomic E-state index is 4.46. The van der Waals surface area contributed by atoms with Crippen molar-refractivity contribution in [1.29, 1.82) is 0 Å². The summed E-state index contributed by atoms with van der Waals surface area (Å²) in [6.07, 6.45) is 7.77. The molecule has 0 aliphatic heterocycles. The molecule has 0 saturated heterocycles. The highest BCUT2D eigenvalue weighted by Crippen LogP contribution is 2.39. The van der Waals surface area contributed by atoms with Crippen LogP contribution in [0.4, 0.5) is 5.82 Å². The number of rotatable bonds is 4. The van der Waals surface area contributed by atoms with Gasteiger partial charge in [-0.3, -0.25) is 0 Å². The van der Waals surface area contributed by atoms with Crippen LogP contribution in [0, 0.1) is 0 Å². The zero-order valence-corrected chi connectivity index (χ0v) is 11.8. The van der Waals surface area contributed by atoms with E-state index in [9.17, 15) is 0 Å². The van der Waals surface area contributed by atoms with Gasteiger partial charge in [0.05, 0.1) is 5.39 Å². The molecule has 1 aliphatic rings. The number of fused-ring (bicyclic) bond motifs is 3. The van der Waals surface area contributed by atoms with E-state index in [-0.39, 0.29) is 0 Å². The van der Waals surface area contributed by atoms with Gasteiger partial charge in [0.25, 0.3) is 0 Å². The Labute approximate surface area is 112 Å². The third-order valence-electron chi connectivity index (χ3n) is 3.61. The van der Waals surface area contributed by atoms with Crippen molar-refractivity contribution in [2.75, 3.05) is 5.32 Å².